The van der Waals surface area contributed by atoms with Gasteiger partial charge in [-0.05, 0) is 50.4 Å². The Balaban J connectivity index is 0.00000220. The van der Waals surface area contributed by atoms with Gasteiger partial charge in [0.05, 0.1) is 4.90 Å². The highest BCUT2D eigenvalue weighted by Gasteiger charge is 2.29. The minimum atomic E-state index is -3.66. The molecule has 1 heterocycles. The quantitative estimate of drug-likeness (QED) is 0.886. The van der Waals surface area contributed by atoms with E-state index in [-0.39, 0.29) is 28.3 Å². The number of rotatable bonds is 4. The Morgan fingerprint density at radius 1 is 1.33 bits per heavy atom. The third kappa shape index (κ3) is 4.39. The topological polar surface area (TPSA) is 58.2 Å². The molecule has 0 amide bonds. The summed E-state index contributed by atoms with van der Waals surface area (Å²) >= 11 is 0. The maximum absolute atomic E-state index is 13.5. The summed E-state index contributed by atoms with van der Waals surface area (Å²) in [4.78, 5) is 0.0232. The highest BCUT2D eigenvalue weighted by atomic mass is 35.5. The largest absolute Gasteiger partial charge is 0.317 e. The molecule has 0 unspecified atom stereocenters. The summed E-state index contributed by atoms with van der Waals surface area (Å²) in [5, 5.41) is 3.26. The van der Waals surface area contributed by atoms with Crippen LogP contribution in [0.3, 0.4) is 0 Å². The molecular formula is C14H22ClFN2O2S. The van der Waals surface area contributed by atoms with Crippen LogP contribution in [0.4, 0.5) is 4.39 Å². The molecule has 2 N–H and O–H groups in total. The smallest absolute Gasteiger partial charge is 0.240 e. The maximum atomic E-state index is 13.5. The lowest BCUT2D eigenvalue weighted by molar-refractivity contribution is 0.232. The third-order valence-corrected chi connectivity index (χ3v) is 5.55. The molecule has 0 radical (unpaired) electrons. The second-order valence-electron chi connectivity index (χ2n) is 5.75. The van der Waals surface area contributed by atoms with Crippen molar-refractivity contribution in [2.24, 2.45) is 5.41 Å². The van der Waals surface area contributed by atoms with Crippen LogP contribution in [0.1, 0.15) is 25.3 Å². The Morgan fingerprint density at radius 3 is 2.57 bits per heavy atom. The van der Waals surface area contributed by atoms with Crippen molar-refractivity contribution in [3.05, 3.63) is 29.6 Å². The number of nitrogens with one attached hydrogen (secondary N) is 2. The van der Waals surface area contributed by atoms with E-state index in [4.69, 9.17) is 0 Å². The van der Waals surface area contributed by atoms with Gasteiger partial charge >= 0.3 is 0 Å². The van der Waals surface area contributed by atoms with Gasteiger partial charge in [-0.3, -0.25) is 0 Å². The third-order valence-electron chi connectivity index (χ3n) is 4.01. The first kappa shape index (κ1) is 18.4. The highest BCUT2D eigenvalue weighted by Crippen LogP contribution is 2.27. The second-order valence-corrected chi connectivity index (χ2v) is 7.48. The van der Waals surface area contributed by atoms with Crippen molar-refractivity contribution in [3.8, 4) is 0 Å². The molecule has 1 fully saturated rings. The van der Waals surface area contributed by atoms with Crippen LogP contribution in [0.2, 0.25) is 0 Å². The summed E-state index contributed by atoms with van der Waals surface area (Å²) in [6.07, 6.45) is 1.86. The number of sulfonamides is 1. The van der Waals surface area contributed by atoms with E-state index in [1.165, 1.54) is 25.1 Å². The van der Waals surface area contributed by atoms with Gasteiger partial charge in [0.1, 0.15) is 5.82 Å². The molecule has 0 atom stereocenters. The zero-order valence-electron chi connectivity index (χ0n) is 12.3. The molecule has 1 aromatic carbocycles. The lowest BCUT2D eigenvalue weighted by Gasteiger charge is -2.34. The van der Waals surface area contributed by atoms with Crippen molar-refractivity contribution >= 4 is 22.4 Å². The summed E-state index contributed by atoms with van der Waals surface area (Å²) in [6.45, 7) is 5.74. The van der Waals surface area contributed by atoms with Gasteiger partial charge in [0.2, 0.25) is 10.0 Å². The zero-order chi connectivity index (χ0) is 14.8. The molecule has 2 rings (SSSR count). The van der Waals surface area contributed by atoms with E-state index in [1.54, 1.807) is 0 Å². The van der Waals surface area contributed by atoms with Crippen molar-refractivity contribution in [1.29, 1.82) is 0 Å². The molecule has 21 heavy (non-hydrogen) atoms. The second kappa shape index (κ2) is 7.05. The first-order chi connectivity index (χ1) is 9.34. The fraction of sp³-hybridized carbons (Fsp3) is 0.571. The molecular weight excluding hydrogens is 315 g/mol. The number of piperidine rings is 1. The molecule has 0 aliphatic carbocycles. The number of benzene rings is 1. The van der Waals surface area contributed by atoms with E-state index in [2.05, 4.69) is 17.0 Å². The fourth-order valence-electron chi connectivity index (χ4n) is 2.43. The van der Waals surface area contributed by atoms with Gasteiger partial charge in [0, 0.05) is 12.1 Å². The zero-order valence-corrected chi connectivity index (χ0v) is 13.9. The molecule has 120 valence electrons. The van der Waals surface area contributed by atoms with E-state index < -0.39 is 15.8 Å². The Morgan fingerprint density at radius 2 is 1.95 bits per heavy atom. The minimum Gasteiger partial charge on any atom is -0.317 e. The molecule has 1 saturated heterocycles. The van der Waals surface area contributed by atoms with Crippen molar-refractivity contribution in [1.82, 2.24) is 10.0 Å². The number of hydrogen-bond acceptors (Lipinski definition) is 3. The lowest BCUT2D eigenvalue weighted by Crippen LogP contribution is -2.43. The Bertz CT molecular complexity index is 587. The molecule has 0 aromatic heterocycles. The Kier molecular flexibility index (Phi) is 6.16. The Hall–Kier alpha value is -0.690. The molecule has 1 aliphatic rings. The van der Waals surface area contributed by atoms with Crippen molar-refractivity contribution < 1.29 is 12.8 Å². The van der Waals surface area contributed by atoms with Crippen molar-refractivity contribution in [2.45, 2.75) is 31.6 Å². The van der Waals surface area contributed by atoms with Crippen LogP contribution in [0.15, 0.2) is 23.1 Å². The molecule has 1 aliphatic heterocycles. The SMILES string of the molecule is Cc1c(F)cccc1S(=O)(=O)NCC1(C)CCNCC1.Cl. The maximum Gasteiger partial charge on any atom is 0.240 e. The van der Waals surface area contributed by atoms with Gasteiger partial charge in [-0.25, -0.2) is 17.5 Å². The van der Waals surface area contributed by atoms with Crippen LogP contribution in [-0.4, -0.2) is 28.1 Å². The van der Waals surface area contributed by atoms with Gasteiger partial charge in [-0.2, -0.15) is 0 Å². The summed E-state index contributed by atoms with van der Waals surface area (Å²) in [5.74, 6) is -0.499. The van der Waals surface area contributed by atoms with E-state index in [0.29, 0.717) is 6.54 Å². The summed E-state index contributed by atoms with van der Waals surface area (Å²) < 4.78 is 40.7. The van der Waals surface area contributed by atoms with Crippen LogP contribution < -0.4 is 10.0 Å². The van der Waals surface area contributed by atoms with Crippen LogP contribution in [-0.2, 0) is 10.0 Å². The molecule has 0 spiro atoms. The number of hydrogen-bond donors (Lipinski definition) is 2. The highest BCUT2D eigenvalue weighted by molar-refractivity contribution is 7.89. The van der Waals surface area contributed by atoms with Crippen LogP contribution in [0.25, 0.3) is 0 Å². The summed E-state index contributed by atoms with van der Waals surface area (Å²) in [5.41, 5.74) is 0.120. The first-order valence-corrected chi connectivity index (χ1v) is 8.28. The van der Waals surface area contributed by atoms with Gasteiger partial charge in [-0.1, -0.05) is 13.0 Å². The van der Waals surface area contributed by atoms with Gasteiger partial charge in [-0.15, -0.1) is 12.4 Å². The van der Waals surface area contributed by atoms with E-state index in [1.807, 2.05) is 0 Å². The standard InChI is InChI=1S/C14H21FN2O2S.ClH/c1-11-12(15)4-3-5-13(11)20(18,19)17-10-14(2)6-8-16-9-7-14;/h3-5,16-17H,6-10H2,1-2H3;1H. The monoisotopic (exact) mass is 336 g/mol. The molecule has 7 heteroatoms. The Labute approximate surface area is 132 Å². The summed E-state index contributed by atoms with van der Waals surface area (Å²) in [7, 11) is -3.66. The minimum absolute atomic E-state index is 0. The molecule has 0 bridgehead atoms. The van der Waals surface area contributed by atoms with E-state index in [0.717, 1.165) is 25.9 Å². The van der Waals surface area contributed by atoms with Gasteiger partial charge in [0.25, 0.3) is 0 Å². The average Bonchev–Trinajstić information content (AvgIpc) is 2.41. The van der Waals surface area contributed by atoms with Gasteiger partial charge in [0.15, 0.2) is 0 Å². The summed E-state index contributed by atoms with van der Waals surface area (Å²) in [6, 6.07) is 4.12. The average molecular weight is 337 g/mol. The van der Waals surface area contributed by atoms with Crippen molar-refractivity contribution in [2.75, 3.05) is 19.6 Å². The predicted molar refractivity (Wildman–Crippen MR) is 83.8 cm³/mol. The predicted octanol–water partition coefficient (Wildman–Crippen LogP) is 2.22. The van der Waals surface area contributed by atoms with E-state index in [9.17, 15) is 12.8 Å². The first-order valence-electron chi connectivity index (χ1n) is 6.80. The van der Waals surface area contributed by atoms with E-state index >= 15 is 0 Å². The van der Waals surface area contributed by atoms with Crippen LogP contribution in [0, 0.1) is 18.2 Å². The lowest BCUT2D eigenvalue weighted by atomic mass is 9.81. The number of halogens is 2. The van der Waals surface area contributed by atoms with Gasteiger partial charge < -0.3 is 5.32 Å². The molecule has 1 aromatic rings. The van der Waals surface area contributed by atoms with Crippen molar-refractivity contribution in [3.63, 3.8) is 0 Å². The van der Waals surface area contributed by atoms with Crippen LogP contribution in [0.5, 0.6) is 0 Å². The molecule has 0 saturated carbocycles. The normalized spacial score (nSPS) is 18.0. The fourth-order valence-corrected chi connectivity index (χ4v) is 3.89. The molecule has 4 nitrogen and oxygen atoms in total. The van der Waals surface area contributed by atoms with Crippen LogP contribution >= 0.6 is 12.4 Å².